The Morgan fingerprint density at radius 3 is 2.50 bits per heavy atom. The molecule has 0 atom stereocenters. The molecule has 1 amide bonds. The van der Waals surface area contributed by atoms with Gasteiger partial charge in [0.15, 0.2) is 0 Å². The van der Waals surface area contributed by atoms with Crippen molar-refractivity contribution in [2.45, 2.75) is 20.3 Å². The normalized spacial score (nSPS) is 10.5. The van der Waals surface area contributed by atoms with Crippen LogP contribution in [-0.4, -0.2) is 23.4 Å². The molecule has 0 aliphatic rings. The fourth-order valence-corrected chi connectivity index (χ4v) is 3.87. The van der Waals surface area contributed by atoms with Crippen molar-refractivity contribution in [1.82, 2.24) is 0 Å². The van der Waals surface area contributed by atoms with E-state index in [4.69, 9.17) is 4.74 Å². The van der Waals surface area contributed by atoms with Gasteiger partial charge in [-0.15, -0.1) is 11.3 Å². The van der Waals surface area contributed by atoms with E-state index in [1.807, 2.05) is 19.1 Å². The first-order chi connectivity index (χ1) is 14.4. The van der Waals surface area contributed by atoms with Crippen molar-refractivity contribution in [2.24, 2.45) is 0 Å². The number of ether oxygens (including phenoxy) is 1. The molecule has 0 bridgehead atoms. The highest BCUT2D eigenvalue weighted by molar-refractivity contribution is 7.15. The van der Waals surface area contributed by atoms with Crippen LogP contribution in [0.25, 0.3) is 11.1 Å². The van der Waals surface area contributed by atoms with Gasteiger partial charge in [-0.25, -0.2) is 4.79 Å². The van der Waals surface area contributed by atoms with Gasteiger partial charge in [0, 0.05) is 28.6 Å². The molecule has 1 heterocycles. The van der Waals surface area contributed by atoms with E-state index in [9.17, 15) is 19.7 Å². The third kappa shape index (κ3) is 4.55. The van der Waals surface area contributed by atoms with Crippen molar-refractivity contribution >= 4 is 33.9 Å². The maximum atomic E-state index is 12.7. The molecule has 2 aromatic carbocycles. The number of nitrogens with zero attached hydrogens (tertiary/aromatic N) is 1. The first kappa shape index (κ1) is 21.2. The van der Waals surface area contributed by atoms with E-state index < -0.39 is 10.9 Å². The number of nitro groups is 1. The third-order valence-electron chi connectivity index (χ3n) is 4.49. The van der Waals surface area contributed by atoms with Crippen LogP contribution in [-0.2, 0) is 11.2 Å². The van der Waals surface area contributed by atoms with E-state index >= 15 is 0 Å². The molecule has 8 heteroatoms. The quantitative estimate of drug-likeness (QED) is 0.315. The van der Waals surface area contributed by atoms with Crippen molar-refractivity contribution in [3.8, 4) is 11.1 Å². The molecule has 154 valence electrons. The number of thiophene rings is 1. The van der Waals surface area contributed by atoms with Crippen LogP contribution in [0.1, 0.15) is 40.1 Å². The van der Waals surface area contributed by atoms with Gasteiger partial charge in [0.1, 0.15) is 10.6 Å². The second-order valence-electron chi connectivity index (χ2n) is 6.39. The van der Waals surface area contributed by atoms with E-state index in [-0.39, 0.29) is 23.8 Å². The molecule has 0 aliphatic carbocycles. The molecule has 1 N–H and O–H groups in total. The SMILES string of the molecule is CCOC(=O)c1c(-c2cccc([N+](=O)[O-])c2)csc1NC(=O)c1ccc(CC)cc1. The minimum Gasteiger partial charge on any atom is -0.462 e. The van der Waals surface area contributed by atoms with E-state index in [2.05, 4.69) is 5.32 Å². The first-order valence-electron chi connectivity index (χ1n) is 9.38. The van der Waals surface area contributed by atoms with Gasteiger partial charge < -0.3 is 10.1 Å². The number of carbonyl (C=O) groups is 2. The fourth-order valence-electron chi connectivity index (χ4n) is 2.92. The highest BCUT2D eigenvalue weighted by atomic mass is 32.1. The average Bonchev–Trinajstić information content (AvgIpc) is 3.17. The fraction of sp³-hybridized carbons (Fsp3) is 0.182. The summed E-state index contributed by atoms with van der Waals surface area (Å²) in [6, 6.07) is 13.2. The Balaban J connectivity index is 1.98. The van der Waals surface area contributed by atoms with Gasteiger partial charge in [-0.3, -0.25) is 14.9 Å². The number of esters is 1. The first-order valence-corrected chi connectivity index (χ1v) is 10.3. The maximum absolute atomic E-state index is 12.7. The number of nitro benzene ring substituents is 1. The van der Waals surface area contributed by atoms with Gasteiger partial charge in [-0.05, 0) is 36.6 Å². The van der Waals surface area contributed by atoms with Gasteiger partial charge in [0.2, 0.25) is 0 Å². The summed E-state index contributed by atoms with van der Waals surface area (Å²) in [5.41, 5.74) is 2.64. The summed E-state index contributed by atoms with van der Waals surface area (Å²) in [5.74, 6) is -0.951. The van der Waals surface area contributed by atoms with Gasteiger partial charge in [-0.2, -0.15) is 0 Å². The van der Waals surface area contributed by atoms with Crippen molar-refractivity contribution in [2.75, 3.05) is 11.9 Å². The summed E-state index contributed by atoms with van der Waals surface area (Å²) < 4.78 is 5.17. The Kier molecular flexibility index (Phi) is 6.58. The van der Waals surface area contributed by atoms with Gasteiger partial charge in [0.25, 0.3) is 11.6 Å². The number of carbonyl (C=O) groups excluding carboxylic acids is 2. The molecule has 0 radical (unpaired) electrons. The van der Waals surface area contributed by atoms with Crippen LogP contribution in [0.2, 0.25) is 0 Å². The molecule has 0 saturated carbocycles. The number of amides is 1. The largest absolute Gasteiger partial charge is 0.462 e. The lowest BCUT2D eigenvalue weighted by Gasteiger charge is -2.09. The molecule has 0 saturated heterocycles. The summed E-state index contributed by atoms with van der Waals surface area (Å²) in [6.07, 6.45) is 0.867. The van der Waals surface area contributed by atoms with Gasteiger partial charge >= 0.3 is 5.97 Å². The summed E-state index contributed by atoms with van der Waals surface area (Å²) in [7, 11) is 0. The number of benzene rings is 2. The molecular formula is C22H20N2O5S. The van der Waals surface area contributed by atoms with Crippen LogP contribution < -0.4 is 5.32 Å². The summed E-state index contributed by atoms with van der Waals surface area (Å²) in [5, 5.41) is 15.9. The van der Waals surface area contributed by atoms with Crippen molar-refractivity contribution < 1.29 is 19.2 Å². The molecule has 0 aliphatic heterocycles. The van der Waals surface area contributed by atoms with Gasteiger partial charge in [0.05, 0.1) is 11.5 Å². The van der Waals surface area contributed by atoms with E-state index in [0.29, 0.717) is 21.7 Å². The van der Waals surface area contributed by atoms with E-state index in [1.165, 1.54) is 23.5 Å². The predicted octanol–water partition coefficient (Wildman–Crippen LogP) is 5.31. The third-order valence-corrected chi connectivity index (χ3v) is 5.39. The summed E-state index contributed by atoms with van der Waals surface area (Å²) in [6.45, 7) is 3.88. The zero-order valence-corrected chi connectivity index (χ0v) is 17.3. The predicted molar refractivity (Wildman–Crippen MR) is 116 cm³/mol. The lowest BCUT2D eigenvalue weighted by atomic mass is 10.0. The lowest BCUT2D eigenvalue weighted by Crippen LogP contribution is -2.14. The number of hydrogen-bond acceptors (Lipinski definition) is 6. The molecule has 7 nitrogen and oxygen atoms in total. The smallest absolute Gasteiger partial charge is 0.341 e. The second kappa shape index (κ2) is 9.32. The Labute approximate surface area is 177 Å². The van der Waals surface area contributed by atoms with Crippen LogP contribution in [0.15, 0.2) is 53.9 Å². The Morgan fingerprint density at radius 1 is 1.13 bits per heavy atom. The van der Waals surface area contributed by atoms with Crippen LogP contribution in [0.4, 0.5) is 10.7 Å². The lowest BCUT2D eigenvalue weighted by molar-refractivity contribution is -0.384. The van der Waals surface area contributed by atoms with E-state index in [0.717, 1.165) is 12.0 Å². The molecule has 0 fully saturated rings. The van der Waals surface area contributed by atoms with Crippen molar-refractivity contribution in [3.05, 3.63) is 80.7 Å². The Morgan fingerprint density at radius 2 is 1.87 bits per heavy atom. The highest BCUT2D eigenvalue weighted by Gasteiger charge is 2.24. The monoisotopic (exact) mass is 424 g/mol. The summed E-state index contributed by atoms with van der Waals surface area (Å²) >= 11 is 1.17. The zero-order valence-electron chi connectivity index (χ0n) is 16.5. The molecule has 3 rings (SSSR count). The minimum atomic E-state index is -0.600. The maximum Gasteiger partial charge on any atom is 0.341 e. The number of rotatable bonds is 7. The Bertz CT molecular complexity index is 1090. The van der Waals surface area contributed by atoms with Gasteiger partial charge in [-0.1, -0.05) is 31.2 Å². The molecule has 0 spiro atoms. The zero-order chi connectivity index (χ0) is 21.7. The second-order valence-corrected chi connectivity index (χ2v) is 7.27. The molecule has 0 unspecified atom stereocenters. The minimum absolute atomic E-state index is 0.0879. The Hall–Kier alpha value is -3.52. The molecular weight excluding hydrogens is 404 g/mol. The van der Waals surface area contributed by atoms with Crippen LogP contribution in [0, 0.1) is 10.1 Å². The van der Waals surface area contributed by atoms with Crippen molar-refractivity contribution in [1.29, 1.82) is 0 Å². The standard InChI is InChI=1S/C22H20N2O5S/c1-3-14-8-10-15(11-9-14)20(25)23-21-19(22(26)29-4-2)18(13-30-21)16-6-5-7-17(12-16)24(27)28/h5-13H,3-4H2,1-2H3,(H,23,25). The van der Waals surface area contributed by atoms with E-state index in [1.54, 1.807) is 36.6 Å². The number of non-ortho nitro benzene ring substituents is 1. The molecule has 1 aromatic heterocycles. The molecule has 30 heavy (non-hydrogen) atoms. The van der Waals surface area contributed by atoms with Crippen LogP contribution in [0.3, 0.4) is 0 Å². The number of anilines is 1. The van der Waals surface area contributed by atoms with Crippen LogP contribution >= 0.6 is 11.3 Å². The topological polar surface area (TPSA) is 98.5 Å². The average molecular weight is 424 g/mol. The summed E-state index contributed by atoms with van der Waals surface area (Å²) in [4.78, 5) is 36.0. The number of hydrogen-bond donors (Lipinski definition) is 1. The van der Waals surface area contributed by atoms with Crippen molar-refractivity contribution in [3.63, 3.8) is 0 Å². The van der Waals surface area contributed by atoms with Crippen LogP contribution in [0.5, 0.6) is 0 Å². The highest BCUT2D eigenvalue weighted by Crippen LogP contribution is 2.37. The molecule has 3 aromatic rings. The number of aryl methyl sites for hydroxylation is 1. The number of nitrogens with one attached hydrogen (secondary N) is 1.